The van der Waals surface area contributed by atoms with Gasteiger partial charge in [0.05, 0.1) is 6.04 Å². The SMILES string of the molecule is Cc1ccc(C)c(CNC(c2ccccc2)c2ccccc2)c1. The van der Waals surface area contributed by atoms with E-state index in [2.05, 4.69) is 98.0 Å². The largest absolute Gasteiger partial charge is 0.302 e. The third-order valence-corrected chi connectivity index (χ3v) is 4.27. The normalized spacial score (nSPS) is 10.9. The predicted molar refractivity (Wildman–Crippen MR) is 97.5 cm³/mol. The summed E-state index contributed by atoms with van der Waals surface area (Å²) in [7, 11) is 0. The van der Waals surface area contributed by atoms with Crippen molar-refractivity contribution in [2.75, 3.05) is 0 Å². The van der Waals surface area contributed by atoms with Gasteiger partial charge in [0.15, 0.2) is 0 Å². The molecule has 3 aromatic rings. The summed E-state index contributed by atoms with van der Waals surface area (Å²) in [5.74, 6) is 0. The first-order valence-corrected chi connectivity index (χ1v) is 8.13. The summed E-state index contributed by atoms with van der Waals surface area (Å²) in [4.78, 5) is 0. The molecule has 0 amide bonds. The van der Waals surface area contributed by atoms with Crippen LogP contribution >= 0.6 is 0 Å². The molecule has 0 aromatic heterocycles. The molecule has 0 radical (unpaired) electrons. The van der Waals surface area contributed by atoms with E-state index in [9.17, 15) is 0 Å². The molecule has 0 aliphatic carbocycles. The van der Waals surface area contributed by atoms with E-state index in [1.54, 1.807) is 0 Å². The summed E-state index contributed by atoms with van der Waals surface area (Å²) in [5, 5.41) is 3.74. The van der Waals surface area contributed by atoms with Crippen LogP contribution in [0.4, 0.5) is 0 Å². The Morgan fingerprint density at radius 2 is 1.30 bits per heavy atom. The smallest absolute Gasteiger partial charge is 0.0579 e. The van der Waals surface area contributed by atoms with Gasteiger partial charge in [0, 0.05) is 6.54 Å². The standard InChI is InChI=1S/C22H23N/c1-17-13-14-18(2)21(15-17)16-23-22(19-9-5-3-6-10-19)20-11-7-4-8-12-20/h3-15,22-23H,16H2,1-2H3. The molecule has 1 N–H and O–H groups in total. The van der Waals surface area contributed by atoms with Crippen LogP contribution < -0.4 is 5.32 Å². The van der Waals surface area contributed by atoms with Crippen molar-refractivity contribution < 1.29 is 0 Å². The minimum absolute atomic E-state index is 0.206. The van der Waals surface area contributed by atoms with Crippen LogP contribution in [-0.2, 0) is 6.54 Å². The van der Waals surface area contributed by atoms with Crippen molar-refractivity contribution in [2.24, 2.45) is 0 Å². The molecule has 0 saturated carbocycles. The first-order chi connectivity index (χ1) is 11.2. The van der Waals surface area contributed by atoms with Crippen LogP contribution in [0.15, 0.2) is 78.9 Å². The van der Waals surface area contributed by atoms with Crippen LogP contribution in [0.1, 0.15) is 33.9 Å². The molecule has 3 rings (SSSR count). The summed E-state index contributed by atoms with van der Waals surface area (Å²) in [6.07, 6.45) is 0. The van der Waals surface area contributed by atoms with Crippen LogP contribution in [0, 0.1) is 13.8 Å². The van der Waals surface area contributed by atoms with Crippen molar-refractivity contribution in [2.45, 2.75) is 26.4 Å². The van der Waals surface area contributed by atoms with Gasteiger partial charge in [-0.3, -0.25) is 0 Å². The molecule has 0 fully saturated rings. The summed E-state index contributed by atoms with van der Waals surface area (Å²) < 4.78 is 0. The van der Waals surface area contributed by atoms with Gasteiger partial charge in [-0.25, -0.2) is 0 Å². The minimum Gasteiger partial charge on any atom is -0.302 e. The number of hydrogen-bond donors (Lipinski definition) is 1. The van der Waals surface area contributed by atoms with Gasteiger partial charge in [0.1, 0.15) is 0 Å². The molecule has 23 heavy (non-hydrogen) atoms. The molecular weight excluding hydrogens is 278 g/mol. The Morgan fingerprint density at radius 1 is 0.739 bits per heavy atom. The summed E-state index contributed by atoms with van der Waals surface area (Å²) >= 11 is 0. The molecule has 0 unspecified atom stereocenters. The van der Waals surface area contributed by atoms with Crippen LogP contribution in [0.25, 0.3) is 0 Å². The summed E-state index contributed by atoms with van der Waals surface area (Å²) in [6, 6.07) is 28.1. The van der Waals surface area contributed by atoms with Crippen molar-refractivity contribution in [3.8, 4) is 0 Å². The molecule has 0 atom stereocenters. The highest BCUT2D eigenvalue weighted by Crippen LogP contribution is 2.23. The van der Waals surface area contributed by atoms with Crippen molar-refractivity contribution in [3.63, 3.8) is 0 Å². The third kappa shape index (κ3) is 3.88. The molecule has 1 nitrogen and oxygen atoms in total. The zero-order valence-electron chi connectivity index (χ0n) is 13.8. The van der Waals surface area contributed by atoms with Gasteiger partial charge in [0.25, 0.3) is 0 Å². The molecule has 0 saturated heterocycles. The number of aryl methyl sites for hydroxylation is 2. The van der Waals surface area contributed by atoms with Gasteiger partial charge >= 0.3 is 0 Å². The maximum Gasteiger partial charge on any atom is 0.0579 e. The second-order valence-electron chi connectivity index (χ2n) is 6.07. The lowest BCUT2D eigenvalue weighted by Crippen LogP contribution is -2.22. The quantitative estimate of drug-likeness (QED) is 0.684. The number of benzene rings is 3. The van der Waals surface area contributed by atoms with Crippen LogP contribution in [0.2, 0.25) is 0 Å². The molecule has 0 heterocycles. The lowest BCUT2D eigenvalue weighted by atomic mass is 9.98. The molecule has 3 aromatic carbocycles. The third-order valence-electron chi connectivity index (χ3n) is 4.27. The van der Waals surface area contributed by atoms with Gasteiger partial charge in [-0.1, -0.05) is 84.4 Å². The Balaban J connectivity index is 1.86. The highest BCUT2D eigenvalue weighted by molar-refractivity contribution is 5.34. The van der Waals surface area contributed by atoms with Crippen LogP contribution in [0.3, 0.4) is 0 Å². The molecule has 116 valence electrons. The fraction of sp³-hybridized carbons (Fsp3) is 0.182. The van der Waals surface area contributed by atoms with E-state index in [1.165, 1.54) is 27.8 Å². The van der Waals surface area contributed by atoms with Crippen molar-refractivity contribution in [1.82, 2.24) is 5.32 Å². The molecule has 1 heteroatoms. The maximum absolute atomic E-state index is 3.74. The maximum atomic E-state index is 3.74. The van der Waals surface area contributed by atoms with Crippen LogP contribution in [0.5, 0.6) is 0 Å². The average molecular weight is 301 g/mol. The Bertz CT molecular complexity index is 708. The minimum atomic E-state index is 0.206. The number of nitrogens with one attached hydrogen (secondary N) is 1. The fourth-order valence-electron chi connectivity index (χ4n) is 2.92. The second kappa shape index (κ2) is 7.26. The van der Waals surface area contributed by atoms with Gasteiger partial charge in [-0.15, -0.1) is 0 Å². The topological polar surface area (TPSA) is 12.0 Å². The Labute approximate surface area is 139 Å². The van der Waals surface area contributed by atoms with E-state index in [1.807, 2.05) is 0 Å². The highest BCUT2D eigenvalue weighted by atomic mass is 14.9. The second-order valence-corrected chi connectivity index (χ2v) is 6.07. The van der Waals surface area contributed by atoms with Crippen molar-refractivity contribution >= 4 is 0 Å². The predicted octanol–water partition coefficient (Wildman–Crippen LogP) is 5.18. The van der Waals surface area contributed by atoms with E-state index in [0.29, 0.717) is 0 Å². The van der Waals surface area contributed by atoms with E-state index < -0.39 is 0 Å². The summed E-state index contributed by atoms with van der Waals surface area (Å²) in [6.45, 7) is 5.19. The van der Waals surface area contributed by atoms with Gasteiger partial charge in [-0.2, -0.15) is 0 Å². The lowest BCUT2D eigenvalue weighted by molar-refractivity contribution is 0.603. The zero-order chi connectivity index (χ0) is 16.1. The molecular formula is C22H23N. The lowest BCUT2D eigenvalue weighted by Gasteiger charge is -2.21. The number of rotatable bonds is 5. The Hall–Kier alpha value is -2.38. The fourth-order valence-corrected chi connectivity index (χ4v) is 2.92. The van der Waals surface area contributed by atoms with Crippen molar-refractivity contribution in [3.05, 3.63) is 107 Å². The number of hydrogen-bond acceptors (Lipinski definition) is 1. The van der Waals surface area contributed by atoms with E-state index >= 15 is 0 Å². The van der Waals surface area contributed by atoms with E-state index in [4.69, 9.17) is 0 Å². The molecule has 0 bridgehead atoms. The molecule has 0 spiro atoms. The highest BCUT2D eigenvalue weighted by Gasteiger charge is 2.13. The van der Waals surface area contributed by atoms with E-state index in [0.717, 1.165) is 6.54 Å². The van der Waals surface area contributed by atoms with Gasteiger partial charge in [-0.05, 0) is 36.1 Å². The molecule has 0 aliphatic heterocycles. The Morgan fingerprint density at radius 3 is 1.87 bits per heavy atom. The average Bonchev–Trinajstić information content (AvgIpc) is 2.60. The van der Waals surface area contributed by atoms with Gasteiger partial charge < -0.3 is 5.32 Å². The summed E-state index contributed by atoms with van der Waals surface area (Å²) in [5.41, 5.74) is 6.60. The van der Waals surface area contributed by atoms with Crippen molar-refractivity contribution in [1.29, 1.82) is 0 Å². The zero-order valence-corrected chi connectivity index (χ0v) is 13.8. The van der Waals surface area contributed by atoms with E-state index in [-0.39, 0.29) is 6.04 Å². The first kappa shape index (κ1) is 15.5. The van der Waals surface area contributed by atoms with Gasteiger partial charge in [0.2, 0.25) is 0 Å². The Kier molecular flexibility index (Phi) is 4.89. The molecule has 0 aliphatic rings. The monoisotopic (exact) mass is 301 g/mol. The van der Waals surface area contributed by atoms with Crippen LogP contribution in [-0.4, -0.2) is 0 Å². The first-order valence-electron chi connectivity index (χ1n) is 8.13.